The van der Waals surface area contributed by atoms with Gasteiger partial charge in [-0.1, -0.05) is 0 Å². The number of ketones is 1. The molecule has 2 N–H and O–H groups in total. The molecule has 0 aliphatic heterocycles. The van der Waals surface area contributed by atoms with Crippen molar-refractivity contribution in [2.75, 3.05) is 13.7 Å². The van der Waals surface area contributed by atoms with E-state index >= 15 is 0 Å². The van der Waals surface area contributed by atoms with Crippen LogP contribution in [0.2, 0.25) is 0 Å². The second-order valence-electron chi connectivity index (χ2n) is 2.69. The lowest BCUT2D eigenvalue weighted by molar-refractivity contribution is 0.0997. The van der Waals surface area contributed by atoms with E-state index in [1.54, 1.807) is 0 Å². The third kappa shape index (κ3) is 2.15. The zero-order valence-corrected chi connectivity index (χ0v) is 9.40. The summed E-state index contributed by atoms with van der Waals surface area (Å²) in [5.41, 5.74) is 5.05. The quantitative estimate of drug-likeness (QED) is 0.679. The Labute approximate surface area is 93.3 Å². The van der Waals surface area contributed by atoms with Crippen molar-refractivity contribution in [2.24, 2.45) is 5.73 Å². The van der Waals surface area contributed by atoms with Gasteiger partial charge in [-0.15, -0.1) is 0 Å². The van der Waals surface area contributed by atoms with Gasteiger partial charge in [0.25, 0.3) is 0 Å². The van der Waals surface area contributed by atoms with Crippen LogP contribution in [0.4, 0.5) is 8.78 Å². The number of rotatable bonds is 3. The fourth-order valence-electron chi connectivity index (χ4n) is 1.10. The molecule has 1 aromatic carbocycles. The van der Waals surface area contributed by atoms with Crippen LogP contribution in [0.5, 0.6) is 5.75 Å². The molecule has 0 saturated heterocycles. The number of carbonyl (C=O) groups excluding carboxylic acids is 1. The first-order chi connectivity index (χ1) is 7.02. The van der Waals surface area contributed by atoms with E-state index in [1.807, 2.05) is 0 Å². The summed E-state index contributed by atoms with van der Waals surface area (Å²) in [6.07, 6.45) is 0. The summed E-state index contributed by atoms with van der Waals surface area (Å²) in [6.45, 7) is -0.298. The molecule has 0 spiro atoms. The molecule has 6 heteroatoms. The Hall–Kier alpha value is -1.01. The van der Waals surface area contributed by atoms with Crippen molar-refractivity contribution in [1.29, 1.82) is 0 Å². The second-order valence-corrected chi connectivity index (χ2v) is 3.49. The number of ether oxygens (including phenoxy) is 1. The molecule has 15 heavy (non-hydrogen) atoms. The van der Waals surface area contributed by atoms with Crippen LogP contribution in [0.3, 0.4) is 0 Å². The zero-order valence-electron chi connectivity index (χ0n) is 7.81. The van der Waals surface area contributed by atoms with Gasteiger partial charge in [-0.05, 0) is 22.0 Å². The summed E-state index contributed by atoms with van der Waals surface area (Å²) in [7, 11) is 1.25. The van der Waals surface area contributed by atoms with Crippen molar-refractivity contribution in [1.82, 2.24) is 0 Å². The summed E-state index contributed by atoms with van der Waals surface area (Å²) in [4.78, 5) is 11.3. The number of hydrogen-bond donors (Lipinski definition) is 1. The lowest BCUT2D eigenvalue weighted by atomic mass is 10.1. The van der Waals surface area contributed by atoms with Crippen LogP contribution in [-0.4, -0.2) is 19.4 Å². The van der Waals surface area contributed by atoms with Crippen LogP contribution in [0, 0.1) is 11.6 Å². The summed E-state index contributed by atoms with van der Waals surface area (Å²) >= 11 is 2.81. The van der Waals surface area contributed by atoms with Gasteiger partial charge in [0.1, 0.15) is 5.75 Å². The Balaban J connectivity index is 3.45. The SMILES string of the molecule is COc1c(C(=O)CN)cc(F)c(F)c1Br. The van der Waals surface area contributed by atoms with Gasteiger partial charge in [-0.3, -0.25) is 4.79 Å². The highest BCUT2D eigenvalue weighted by Crippen LogP contribution is 2.33. The highest BCUT2D eigenvalue weighted by atomic mass is 79.9. The van der Waals surface area contributed by atoms with Gasteiger partial charge in [0.2, 0.25) is 0 Å². The molecule has 0 aliphatic carbocycles. The van der Waals surface area contributed by atoms with Crippen LogP contribution in [0.25, 0.3) is 0 Å². The molecular formula is C9H8BrF2NO2. The number of halogens is 3. The van der Waals surface area contributed by atoms with Crippen LogP contribution in [0.15, 0.2) is 10.5 Å². The van der Waals surface area contributed by atoms with E-state index in [0.29, 0.717) is 0 Å². The van der Waals surface area contributed by atoms with E-state index in [2.05, 4.69) is 15.9 Å². The molecule has 0 amide bonds. The average molecular weight is 280 g/mol. The minimum Gasteiger partial charge on any atom is -0.495 e. The smallest absolute Gasteiger partial charge is 0.180 e. The van der Waals surface area contributed by atoms with Gasteiger partial charge in [0.15, 0.2) is 17.4 Å². The van der Waals surface area contributed by atoms with E-state index in [1.165, 1.54) is 7.11 Å². The molecule has 1 rings (SSSR count). The Morgan fingerprint density at radius 1 is 1.60 bits per heavy atom. The first kappa shape index (κ1) is 12.1. The summed E-state index contributed by atoms with van der Waals surface area (Å²) in [6, 6.07) is 0.772. The predicted octanol–water partition coefficient (Wildman–Crippen LogP) is 1.88. The molecule has 0 bridgehead atoms. The summed E-state index contributed by atoms with van der Waals surface area (Å²) < 4.78 is 30.7. The zero-order chi connectivity index (χ0) is 11.6. The molecular weight excluding hydrogens is 272 g/mol. The number of methoxy groups -OCH3 is 1. The fourth-order valence-corrected chi connectivity index (χ4v) is 1.66. The van der Waals surface area contributed by atoms with Gasteiger partial charge in [0, 0.05) is 0 Å². The minimum atomic E-state index is -1.13. The highest BCUT2D eigenvalue weighted by molar-refractivity contribution is 9.10. The average Bonchev–Trinajstić information content (AvgIpc) is 2.24. The van der Waals surface area contributed by atoms with Crippen molar-refractivity contribution in [3.8, 4) is 5.75 Å². The molecule has 0 unspecified atom stereocenters. The number of benzene rings is 1. The maximum Gasteiger partial charge on any atom is 0.180 e. The largest absolute Gasteiger partial charge is 0.495 e. The number of nitrogens with two attached hydrogens (primary N) is 1. The molecule has 0 heterocycles. The van der Waals surface area contributed by atoms with E-state index in [9.17, 15) is 13.6 Å². The molecule has 0 saturated carbocycles. The Bertz CT molecular complexity index is 410. The van der Waals surface area contributed by atoms with Crippen molar-refractivity contribution in [3.63, 3.8) is 0 Å². The lowest BCUT2D eigenvalue weighted by Crippen LogP contribution is -2.15. The van der Waals surface area contributed by atoms with Crippen molar-refractivity contribution < 1.29 is 18.3 Å². The standard InChI is InChI=1S/C9H8BrF2NO2/c1-15-9-4(6(14)3-13)2-5(11)8(12)7(9)10/h2H,3,13H2,1H3. The molecule has 3 nitrogen and oxygen atoms in total. The lowest BCUT2D eigenvalue weighted by Gasteiger charge is -2.10. The van der Waals surface area contributed by atoms with Crippen LogP contribution in [0.1, 0.15) is 10.4 Å². The first-order valence-corrected chi connectivity index (χ1v) is 4.77. The molecule has 82 valence electrons. The van der Waals surface area contributed by atoms with E-state index in [4.69, 9.17) is 10.5 Å². The monoisotopic (exact) mass is 279 g/mol. The highest BCUT2D eigenvalue weighted by Gasteiger charge is 2.20. The fraction of sp³-hybridized carbons (Fsp3) is 0.222. The normalized spacial score (nSPS) is 10.2. The van der Waals surface area contributed by atoms with Gasteiger partial charge in [0.05, 0.1) is 23.7 Å². The Morgan fingerprint density at radius 3 is 2.67 bits per heavy atom. The summed E-state index contributed by atoms with van der Waals surface area (Å²) in [5, 5.41) is 0. The van der Waals surface area contributed by atoms with Gasteiger partial charge >= 0.3 is 0 Å². The molecule has 0 radical (unpaired) electrons. The predicted molar refractivity (Wildman–Crippen MR) is 54.0 cm³/mol. The minimum absolute atomic E-state index is 0.0515. The maximum atomic E-state index is 13.1. The molecule has 0 aliphatic rings. The van der Waals surface area contributed by atoms with Gasteiger partial charge in [-0.25, -0.2) is 8.78 Å². The Kier molecular flexibility index (Phi) is 3.76. The summed E-state index contributed by atoms with van der Waals surface area (Å²) in [5.74, 6) is -2.80. The van der Waals surface area contributed by atoms with Crippen molar-refractivity contribution in [2.45, 2.75) is 0 Å². The first-order valence-electron chi connectivity index (χ1n) is 3.97. The van der Waals surface area contributed by atoms with Crippen LogP contribution >= 0.6 is 15.9 Å². The van der Waals surface area contributed by atoms with E-state index < -0.39 is 17.4 Å². The van der Waals surface area contributed by atoms with Crippen LogP contribution in [-0.2, 0) is 0 Å². The topological polar surface area (TPSA) is 52.3 Å². The van der Waals surface area contributed by atoms with Gasteiger partial charge in [-0.2, -0.15) is 0 Å². The molecule has 0 fully saturated rings. The second kappa shape index (κ2) is 4.67. The van der Waals surface area contributed by atoms with Gasteiger partial charge < -0.3 is 10.5 Å². The number of hydrogen-bond acceptors (Lipinski definition) is 3. The molecule has 0 atom stereocenters. The number of Topliss-reactive ketones (excluding diaryl/α,β-unsaturated/α-hetero) is 1. The Morgan fingerprint density at radius 2 is 2.20 bits per heavy atom. The third-order valence-electron chi connectivity index (χ3n) is 1.81. The van der Waals surface area contributed by atoms with Crippen molar-refractivity contribution in [3.05, 3.63) is 27.7 Å². The van der Waals surface area contributed by atoms with Crippen LogP contribution < -0.4 is 10.5 Å². The van der Waals surface area contributed by atoms with E-state index in [-0.39, 0.29) is 22.3 Å². The maximum absolute atomic E-state index is 13.1. The molecule has 1 aromatic rings. The number of carbonyl (C=O) groups is 1. The van der Waals surface area contributed by atoms with E-state index in [0.717, 1.165) is 6.07 Å². The molecule has 0 aromatic heterocycles. The third-order valence-corrected chi connectivity index (χ3v) is 2.52. The van der Waals surface area contributed by atoms with Crippen molar-refractivity contribution >= 4 is 21.7 Å².